The second kappa shape index (κ2) is 5.96. The van der Waals surface area contributed by atoms with Crippen LogP contribution in [0, 0.1) is 6.92 Å². The summed E-state index contributed by atoms with van der Waals surface area (Å²) in [5, 5.41) is 9.29. The minimum atomic E-state index is -1.06. The molecule has 0 saturated carbocycles. The topological polar surface area (TPSA) is 64.3 Å². The van der Waals surface area contributed by atoms with E-state index >= 15 is 0 Å². The molecule has 1 aromatic heterocycles. The van der Waals surface area contributed by atoms with Gasteiger partial charge in [0.2, 0.25) is 0 Å². The molecule has 1 heterocycles. The summed E-state index contributed by atoms with van der Waals surface area (Å²) in [7, 11) is 1.58. The standard InChI is InChI=1S/C18H16N2O3/c1-12-6-5-7-13(10-12)17-19-14(18(21)22)11-20(17)15-8-3-4-9-16(15)23-2/h3-11H,1-2H3,(H,21,22). The fraction of sp³-hybridized carbons (Fsp3) is 0.111. The summed E-state index contributed by atoms with van der Waals surface area (Å²) in [6.07, 6.45) is 1.51. The van der Waals surface area contributed by atoms with Gasteiger partial charge in [0.05, 0.1) is 12.8 Å². The van der Waals surface area contributed by atoms with Gasteiger partial charge in [-0.25, -0.2) is 9.78 Å². The number of carboxylic acid groups (broad SMARTS) is 1. The minimum absolute atomic E-state index is 0.00703. The van der Waals surface area contributed by atoms with Crippen molar-refractivity contribution in [1.82, 2.24) is 9.55 Å². The van der Waals surface area contributed by atoms with Gasteiger partial charge >= 0.3 is 5.97 Å². The number of aromatic nitrogens is 2. The average molecular weight is 308 g/mol. The third kappa shape index (κ3) is 2.81. The zero-order chi connectivity index (χ0) is 16.4. The first-order chi connectivity index (χ1) is 11.1. The van der Waals surface area contributed by atoms with Crippen molar-refractivity contribution in [2.45, 2.75) is 6.92 Å². The Hall–Kier alpha value is -3.08. The normalized spacial score (nSPS) is 10.5. The number of benzene rings is 2. The molecular weight excluding hydrogens is 292 g/mol. The highest BCUT2D eigenvalue weighted by molar-refractivity contribution is 5.86. The van der Waals surface area contributed by atoms with Gasteiger partial charge in [-0.05, 0) is 25.1 Å². The molecule has 1 N–H and O–H groups in total. The molecule has 0 saturated heterocycles. The Balaban J connectivity index is 2.25. The van der Waals surface area contributed by atoms with Crippen molar-refractivity contribution in [2.75, 3.05) is 7.11 Å². The lowest BCUT2D eigenvalue weighted by Crippen LogP contribution is -1.99. The van der Waals surface area contributed by atoms with Gasteiger partial charge < -0.3 is 9.84 Å². The Morgan fingerprint density at radius 2 is 1.96 bits per heavy atom. The molecule has 5 nitrogen and oxygen atoms in total. The van der Waals surface area contributed by atoms with Crippen molar-refractivity contribution in [3.63, 3.8) is 0 Å². The Kier molecular flexibility index (Phi) is 3.85. The van der Waals surface area contributed by atoms with Gasteiger partial charge in [-0.2, -0.15) is 0 Å². The lowest BCUT2D eigenvalue weighted by atomic mass is 10.1. The van der Waals surface area contributed by atoms with E-state index in [0.29, 0.717) is 11.6 Å². The van der Waals surface area contributed by atoms with E-state index in [0.717, 1.165) is 16.8 Å². The highest BCUT2D eigenvalue weighted by atomic mass is 16.5. The Morgan fingerprint density at radius 1 is 1.17 bits per heavy atom. The number of nitrogens with zero attached hydrogens (tertiary/aromatic N) is 2. The molecule has 2 aromatic carbocycles. The largest absolute Gasteiger partial charge is 0.495 e. The Labute approximate surface area is 133 Å². The van der Waals surface area contributed by atoms with Crippen LogP contribution >= 0.6 is 0 Å². The van der Waals surface area contributed by atoms with E-state index in [4.69, 9.17) is 4.74 Å². The first-order valence-electron chi connectivity index (χ1n) is 7.13. The number of methoxy groups -OCH3 is 1. The summed E-state index contributed by atoms with van der Waals surface area (Å²) < 4.78 is 7.14. The maximum atomic E-state index is 11.3. The predicted molar refractivity (Wildman–Crippen MR) is 87.2 cm³/mol. The second-order valence-electron chi connectivity index (χ2n) is 5.17. The summed E-state index contributed by atoms with van der Waals surface area (Å²) in [6, 6.07) is 15.2. The molecule has 0 aliphatic rings. The number of para-hydroxylation sites is 2. The van der Waals surface area contributed by atoms with E-state index < -0.39 is 5.97 Å². The Bertz CT molecular complexity index is 868. The number of carboxylic acids is 1. The van der Waals surface area contributed by atoms with E-state index in [1.807, 2.05) is 55.5 Å². The highest BCUT2D eigenvalue weighted by Crippen LogP contribution is 2.29. The van der Waals surface area contributed by atoms with E-state index in [1.54, 1.807) is 11.7 Å². The van der Waals surface area contributed by atoms with Crippen LogP contribution in [0.1, 0.15) is 16.1 Å². The number of carbonyl (C=O) groups is 1. The molecule has 0 atom stereocenters. The number of hydrogen-bond donors (Lipinski definition) is 1. The van der Waals surface area contributed by atoms with Gasteiger partial charge in [0.1, 0.15) is 11.6 Å². The fourth-order valence-electron chi connectivity index (χ4n) is 2.48. The summed E-state index contributed by atoms with van der Waals surface area (Å²) in [5.41, 5.74) is 2.66. The maximum Gasteiger partial charge on any atom is 0.356 e. The number of aryl methyl sites for hydroxylation is 1. The van der Waals surface area contributed by atoms with Crippen LogP contribution in [0.5, 0.6) is 5.75 Å². The minimum Gasteiger partial charge on any atom is -0.495 e. The van der Waals surface area contributed by atoms with Crippen LogP contribution in [-0.2, 0) is 0 Å². The Morgan fingerprint density at radius 3 is 2.65 bits per heavy atom. The van der Waals surface area contributed by atoms with Gasteiger partial charge in [0, 0.05) is 11.8 Å². The van der Waals surface area contributed by atoms with Crippen LogP contribution in [-0.4, -0.2) is 27.7 Å². The summed E-state index contributed by atoms with van der Waals surface area (Å²) in [6.45, 7) is 1.98. The zero-order valence-corrected chi connectivity index (χ0v) is 12.9. The molecule has 0 spiro atoms. The van der Waals surface area contributed by atoms with Gasteiger partial charge in [0.25, 0.3) is 0 Å². The van der Waals surface area contributed by atoms with E-state index in [2.05, 4.69) is 4.98 Å². The monoisotopic (exact) mass is 308 g/mol. The number of aromatic carboxylic acids is 1. The highest BCUT2D eigenvalue weighted by Gasteiger charge is 2.17. The van der Waals surface area contributed by atoms with Crippen molar-refractivity contribution in [2.24, 2.45) is 0 Å². The first kappa shape index (κ1) is 14.8. The number of hydrogen-bond acceptors (Lipinski definition) is 3. The predicted octanol–water partition coefficient (Wildman–Crippen LogP) is 3.55. The molecule has 0 fully saturated rings. The van der Waals surface area contributed by atoms with Crippen LogP contribution in [0.15, 0.2) is 54.7 Å². The molecular formula is C18H16N2O3. The average Bonchev–Trinajstić information content (AvgIpc) is 3.00. The SMILES string of the molecule is COc1ccccc1-n1cc(C(=O)O)nc1-c1cccc(C)c1. The molecule has 0 aliphatic heterocycles. The molecule has 0 radical (unpaired) electrons. The quantitative estimate of drug-likeness (QED) is 0.800. The molecule has 116 valence electrons. The van der Waals surface area contributed by atoms with Gasteiger partial charge in [0.15, 0.2) is 5.69 Å². The van der Waals surface area contributed by atoms with Crippen LogP contribution in [0.4, 0.5) is 0 Å². The molecule has 0 unspecified atom stereocenters. The first-order valence-corrected chi connectivity index (χ1v) is 7.13. The molecule has 0 amide bonds. The van der Waals surface area contributed by atoms with E-state index in [1.165, 1.54) is 6.20 Å². The smallest absolute Gasteiger partial charge is 0.356 e. The summed E-state index contributed by atoms with van der Waals surface area (Å²) >= 11 is 0. The van der Waals surface area contributed by atoms with Crippen LogP contribution < -0.4 is 4.74 Å². The molecule has 23 heavy (non-hydrogen) atoms. The van der Waals surface area contributed by atoms with Gasteiger partial charge in [-0.1, -0.05) is 35.9 Å². The van der Waals surface area contributed by atoms with Crippen molar-refractivity contribution >= 4 is 5.97 Å². The van der Waals surface area contributed by atoms with Gasteiger partial charge in [-0.15, -0.1) is 0 Å². The van der Waals surface area contributed by atoms with Gasteiger partial charge in [-0.3, -0.25) is 4.57 Å². The second-order valence-corrected chi connectivity index (χ2v) is 5.17. The molecule has 0 bridgehead atoms. The van der Waals surface area contributed by atoms with E-state index in [9.17, 15) is 9.90 Å². The third-order valence-corrected chi connectivity index (χ3v) is 3.55. The number of imidazole rings is 1. The van der Waals surface area contributed by atoms with Crippen LogP contribution in [0.3, 0.4) is 0 Å². The fourth-order valence-corrected chi connectivity index (χ4v) is 2.48. The number of rotatable bonds is 4. The molecule has 0 aliphatic carbocycles. The van der Waals surface area contributed by atoms with Crippen molar-refractivity contribution in [3.05, 3.63) is 66.0 Å². The molecule has 3 rings (SSSR count). The maximum absolute atomic E-state index is 11.3. The third-order valence-electron chi connectivity index (χ3n) is 3.55. The lowest BCUT2D eigenvalue weighted by Gasteiger charge is -2.12. The molecule has 5 heteroatoms. The molecule has 3 aromatic rings. The number of ether oxygens (including phenoxy) is 1. The van der Waals surface area contributed by atoms with E-state index in [-0.39, 0.29) is 5.69 Å². The lowest BCUT2D eigenvalue weighted by molar-refractivity contribution is 0.0691. The van der Waals surface area contributed by atoms with Crippen molar-refractivity contribution < 1.29 is 14.6 Å². The van der Waals surface area contributed by atoms with Crippen molar-refractivity contribution in [1.29, 1.82) is 0 Å². The summed E-state index contributed by atoms with van der Waals surface area (Å²) in [5.74, 6) is 0.152. The zero-order valence-electron chi connectivity index (χ0n) is 12.9. The van der Waals surface area contributed by atoms with Crippen LogP contribution in [0.25, 0.3) is 17.1 Å². The summed E-state index contributed by atoms with van der Waals surface area (Å²) in [4.78, 5) is 15.6. The van der Waals surface area contributed by atoms with Crippen molar-refractivity contribution in [3.8, 4) is 22.8 Å². The van der Waals surface area contributed by atoms with Crippen LogP contribution in [0.2, 0.25) is 0 Å².